The maximum Gasteiger partial charge on any atom is 0.0589 e. The third-order valence-electron chi connectivity index (χ3n) is 5.13. The van der Waals surface area contributed by atoms with Crippen LogP contribution >= 0.6 is 11.8 Å². The number of hydrogen-bond donors (Lipinski definition) is 1. The first-order chi connectivity index (χ1) is 12.4. The van der Waals surface area contributed by atoms with Gasteiger partial charge in [-0.15, -0.1) is 11.8 Å². The number of nitrogens with one attached hydrogen (secondary N) is 1. The minimum atomic E-state index is 0.301. The van der Waals surface area contributed by atoms with Crippen LogP contribution in [0.25, 0.3) is 0 Å². The standard InChI is InChI=1S/C23H31NS/c1-2-3-18-25-22-17-11-10-16-21(22)23(19-12-6-4-7-13-19)24-20-14-8-5-9-15-20/h4,6-7,10-13,16-17,20,23-24H,2-3,5,8-9,14-15,18H2,1H3. The van der Waals surface area contributed by atoms with Crippen molar-refractivity contribution in [1.29, 1.82) is 0 Å². The summed E-state index contributed by atoms with van der Waals surface area (Å²) in [6.45, 7) is 2.27. The highest BCUT2D eigenvalue weighted by molar-refractivity contribution is 7.99. The van der Waals surface area contributed by atoms with E-state index >= 15 is 0 Å². The molecule has 0 heterocycles. The first-order valence-corrected chi connectivity index (χ1v) is 10.9. The summed E-state index contributed by atoms with van der Waals surface area (Å²) in [6, 6.07) is 20.9. The predicted octanol–water partition coefficient (Wildman–Crippen LogP) is 6.59. The molecule has 0 radical (unpaired) electrons. The number of benzene rings is 2. The summed E-state index contributed by atoms with van der Waals surface area (Å²) in [5.41, 5.74) is 2.83. The normalized spacial score (nSPS) is 16.7. The average molecular weight is 354 g/mol. The second kappa shape index (κ2) is 10.0. The largest absolute Gasteiger partial charge is 0.303 e. The Balaban J connectivity index is 1.86. The van der Waals surface area contributed by atoms with Crippen molar-refractivity contribution in [2.45, 2.75) is 68.8 Å². The van der Waals surface area contributed by atoms with Gasteiger partial charge in [0.25, 0.3) is 0 Å². The molecule has 2 aromatic rings. The van der Waals surface area contributed by atoms with Crippen LogP contribution in [0.15, 0.2) is 59.5 Å². The Morgan fingerprint density at radius 2 is 1.68 bits per heavy atom. The van der Waals surface area contributed by atoms with Crippen molar-refractivity contribution >= 4 is 11.8 Å². The molecule has 1 N–H and O–H groups in total. The number of rotatable bonds is 8. The molecule has 2 heteroatoms. The van der Waals surface area contributed by atoms with Gasteiger partial charge in [-0.05, 0) is 42.2 Å². The highest BCUT2D eigenvalue weighted by atomic mass is 32.2. The van der Waals surface area contributed by atoms with Crippen LogP contribution in [0, 0.1) is 0 Å². The second-order valence-electron chi connectivity index (χ2n) is 7.09. The highest BCUT2D eigenvalue weighted by Gasteiger charge is 2.22. The molecule has 1 unspecified atom stereocenters. The lowest BCUT2D eigenvalue weighted by Crippen LogP contribution is -2.35. The molecule has 134 valence electrons. The van der Waals surface area contributed by atoms with E-state index in [1.54, 1.807) is 0 Å². The van der Waals surface area contributed by atoms with Crippen LogP contribution in [-0.4, -0.2) is 11.8 Å². The Kier molecular flexibility index (Phi) is 7.44. The van der Waals surface area contributed by atoms with Crippen LogP contribution in [0.5, 0.6) is 0 Å². The van der Waals surface area contributed by atoms with Gasteiger partial charge in [0.05, 0.1) is 6.04 Å². The van der Waals surface area contributed by atoms with Crippen LogP contribution in [-0.2, 0) is 0 Å². The van der Waals surface area contributed by atoms with Crippen molar-refractivity contribution < 1.29 is 0 Å². The average Bonchev–Trinajstić information content (AvgIpc) is 2.68. The number of unbranched alkanes of at least 4 members (excludes halogenated alkanes) is 1. The van der Waals surface area contributed by atoms with Crippen molar-refractivity contribution in [3.05, 3.63) is 65.7 Å². The lowest BCUT2D eigenvalue weighted by molar-refractivity contribution is 0.353. The Morgan fingerprint density at radius 1 is 0.960 bits per heavy atom. The van der Waals surface area contributed by atoms with Gasteiger partial charge in [-0.3, -0.25) is 0 Å². The van der Waals surface area contributed by atoms with Gasteiger partial charge in [0.15, 0.2) is 0 Å². The minimum Gasteiger partial charge on any atom is -0.303 e. The molecule has 1 atom stereocenters. The van der Waals surface area contributed by atoms with Crippen LogP contribution < -0.4 is 5.32 Å². The quantitative estimate of drug-likeness (QED) is 0.424. The van der Waals surface area contributed by atoms with Crippen molar-refractivity contribution in [3.63, 3.8) is 0 Å². The van der Waals surface area contributed by atoms with E-state index in [0.29, 0.717) is 12.1 Å². The van der Waals surface area contributed by atoms with E-state index in [1.165, 1.54) is 66.7 Å². The maximum absolute atomic E-state index is 4.01. The molecule has 0 aromatic heterocycles. The Labute approximate surface area is 157 Å². The molecule has 25 heavy (non-hydrogen) atoms. The van der Waals surface area contributed by atoms with Gasteiger partial charge in [0.2, 0.25) is 0 Å². The summed E-state index contributed by atoms with van der Waals surface area (Å²) in [4.78, 5) is 1.44. The first-order valence-electron chi connectivity index (χ1n) is 9.91. The van der Waals surface area contributed by atoms with Gasteiger partial charge in [-0.25, -0.2) is 0 Å². The van der Waals surface area contributed by atoms with Crippen molar-refractivity contribution in [2.75, 3.05) is 5.75 Å². The maximum atomic E-state index is 4.01. The van der Waals surface area contributed by atoms with Crippen LogP contribution in [0.1, 0.15) is 69.0 Å². The Morgan fingerprint density at radius 3 is 2.44 bits per heavy atom. The smallest absolute Gasteiger partial charge is 0.0589 e. The molecular weight excluding hydrogens is 322 g/mol. The topological polar surface area (TPSA) is 12.0 Å². The predicted molar refractivity (Wildman–Crippen MR) is 110 cm³/mol. The van der Waals surface area contributed by atoms with E-state index in [4.69, 9.17) is 0 Å². The van der Waals surface area contributed by atoms with Gasteiger partial charge >= 0.3 is 0 Å². The van der Waals surface area contributed by atoms with E-state index in [2.05, 4.69) is 66.8 Å². The fourth-order valence-electron chi connectivity index (χ4n) is 3.69. The van der Waals surface area contributed by atoms with Gasteiger partial charge in [0, 0.05) is 10.9 Å². The summed E-state index contributed by atoms with van der Waals surface area (Å²) in [7, 11) is 0. The van der Waals surface area contributed by atoms with Crippen LogP contribution in [0.4, 0.5) is 0 Å². The van der Waals surface area contributed by atoms with Gasteiger partial charge in [-0.2, -0.15) is 0 Å². The lowest BCUT2D eigenvalue weighted by Gasteiger charge is -2.30. The summed E-state index contributed by atoms with van der Waals surface area (Å²) in [5, 5.41) is 4.01. The molecule has 3 rings (SSSR count). The number of thioether (sulfide) groups is 1. The van der Waals surface area contributed by atoms with E-state index in [1.807, 2.05) is 11.8 Å². The van der Waals surface area contributed by atoms with E-state index in [-0.39, 0.29) is 0 Å². The van der Waals surface area contributed by atoms with Gasteiger partial charge in [-0.1, -0.05) is 81.1 Å². The van der Waals surface area contributed by atoms with E-state index in [9.17, 15) is 0 Å². The molecule has 1 saturated carbocycles. The minimum absolute atomic E-state index is 0.301. The summed E-state index contributed by atoms with van der Waals surface area (Å²) in [6.07, 6.45) is 9.31. The molecule has 1 nitrogen and oxygen atoms in total. The monoisotopic (exact) mass is 353 g/mol. The zero-order valence-electron chi connectivity index (χ0n) is 15.4. The Hall–Kier alpha value is -1.25. The van der Waals surface area contributed by atoms with Crippen LogP contribution in [0.2, 0.25) is 0 Å². The third kappa shape index (κ3) is 5.36. The fourth-order valence-corrected chi connectivity index (χ4v) is 4.87. The molecule has 0 amide bonds. The van der Waals surface area contributed by atoms with Gasteiger partial charge in [0.1, 0.15) is 0 Å². The van der Waals surface area contributed by atoms with Crippen LogP contribution in [0.3, 0.4) is 0 Å². The van der Waals surface area contributed by atoms with Crippen molar-refractivity contribution in [2.24, 2.45) is 0 Å². The Bertz CT molecular complexity index is 619. The third-order valence-corrected chi connectivity index (χ3v) is 6.30. The molecule has 0 bridgehead atoms. The molecule has 1 aliphatic rings. The molecule has 0 spiro atoms. The van der Waals surface area contributed by atoms with Crippen molar-refractivity contribution in [1.82, 2.24) is 5.32 Å². The number of hydrogen-bond acceptors (Lipinski definition) is 2. The molecular formula is C23H31NS. The van der Waals surface area contributed by atoms with Gasteiger partial charge < -0.3 is 5.32 Å². The summed E-state index contributed by atoms with van der Waals surface area (Å²) in [5.74, 6) is 1.21. The molecule has 2 aromatic carbocycles. The second-order valence-corrected chi connectivity index (χ2v) is 8.22. The molecule has 1 fully saturated rings. The zero-order chi connectivity index (χ0) is 17.3. The molecule has 0 aliphatic heterocycles. The SMILES string of the molecule is CCCCSc1ccccc1C(NC1CCCCC1)c1ccccc1. The van der Waals surface area contributed by atoms with Crippen molar-refractivity contribution in [3.8, 4) is 0 Å². The fraction of sp³-hybridized carbons (Fsp3) is 0.478. The zero-order valence-corrected chi connectivity index (χ0v) is 16.2. The summed E-state index contributed by atoms with van der Waals surface area (Å²) >= 11 is 2.02. The van der Waals surface area contributed by atoms with E-state index in [0.717, 1.165) is 0 Å². The molecule has 0 saturated heterocycles. The summed E-state index contributed by atoms with van der Waals surface area (Å²) < 4.78 is 0. The van der Waals surface area contributed by atoms with E-state index < -0.39 is 0 Å². The first kappa shape index (κ1) is 18.5. The lowest BCUT2D eigenvalue weighted by atomic mass is 9.92. The molecule has 1 aliphatic carbocycles. The highest BCUT2D eigenvalue weighted by Crippen LogP contribution is 2.33.